The van der Waals surface area contributed by atoms with E-state index in [1.54, 1.807) is 11.3 Å². The highest BCUT2D eigenvalue weighted by Gasteiger charge is 2.25. The molecule has 0 saturated heterocycles. The minimum Gasteiger partial charge on any atom is -0.324 e. The molecule has 0 fully saturated rings. The van der Waals surface area contributed by atoms with Crippen molar-refractivity contribution in [2.24, 2.45) is 0 Å². The summed E-state index contributed by atoms with van der Waals surface area (Å²) in [5.41, 5.74) is 3.02. The second kappa shape index (κ2) is 7.27. The van der Waals surface area contributed by atoms with E-state index in [9.17, 15) is 9.59 Å². The van der Waals surface area contributed by atoms with Crippen molar-refractivity contribution in [3.05, 3.63) is 57.0 Å². The van der Waals surface area contributed by atoms with Gasteiger partial charge in [0.2, 0.25) is 5.91 Å². The molecule has 1 aliphatic carbocycles. The van der Waals surface area contributed by atoms with Gasteiger partial charge in [-0.3, -0.25) is 14.2 Å². The summed E-state index contributed by atoms with van der Waals surface area (Å²) < 4.78 is 1.50. The lowest BCUT2D eigenvalue weighted by molar-refractivity contribution is -0.119. The molecule has 1 unspecified atom stereocenters. The summed E-state index contributed by atoms with van der Waals surface area (Å²) in [5.74, 6) is -0.183. The highest BCUT2D eigenvalue weighted by Crippen LogP contribution is 2.34. The number of nitrogens with zero attached hydrogens (tertiary/aromatic N) is 2. The molecule has 1 aliphatic rings. The molecule has 1 amide bonds. The second-order valence-electron chi connectivity index (χ2n) is 6.96. The lowest BCUT2D eigenvalue weighted by atomic mass is 10.1. The van der Waals surface area contributed by atoms with Gasteiger partial charge in [-0.2, -0.15) is 0 Å². The second-order valence-corrected chi connectivity index (χ2v) is 8.04. The van der Waals surface area contributed by atoms with Crippen LogP contribution in [0.2, 0.25) is 0 Å². The molecule has 0 radical (unpaired) electrons. The van der Waals surface area contributed by atoms with Crippen molar-refractivity contribution < 1.29 is 4.79 Å². The molecule has 27 heavy (non-hydrogen) atoms. The third-order valence-corrected chi connectivity index (χ3v) is 6.51. The van der Waals surface area contributed by atoms with E-state index in [1.165, 1.54) is 21.3 Å². The van der Waals surface area contributed by atoms with Crippen molar-refractivity contribution in [3.8, 4) is 0 Å². The van der Waals surface area contributed by atoms with Gasteiger partial charge < -0.3 is 5.32 Å². The number of anilines is 1. The average Bonchev–Trinajstić information content (AvgIpc) is 3.26. The monoisotopic (exact) mass is 381 g/mol. The molecule has 4 rings (SSSR count). The Balaban J connectivity index is 1.66. The Morgan fingerprint density at radius 3 is 2.74 bits per heavy atom. The molecule has 0 aliphatic heterocycles. The average molecular weight is 382 g/mol. The number of benzene rings is 1. The van der Waals surface area contributed by atoms with Crippen molar-refractivity contribution in [2.75, 3.05) is 5.32 Å². The molecule has 1 aromatic carbocycles. The first kappa shape index (κ1) is 17.9. The van der Waals surface area contributed by atoms with Gasteiger partial charge in [-0.05, 0) is 55.4 Å². The summed E-state index contributed by atoms with van der Waals surface area (Å²) in [5, 5.41) is 3.66. The molecule has 2 heterocycles. The van der Waals surface area contributed by atoms with E-state index < -0.39 is 6.04 Å². The van der Waals surface area contributed by atoms with Crippen LogP contribution in [-0.2, 0) is 24.1 Å². The zero-order valence-electron chi connectivity index (χ0n) is 15.6. The normalized spacial score (nSPS) is 14.3. The van der Waals surface area contributed by atoms with Crippen LogP contribution in [0, 0.1) is 0 Å². The summed E-state index contributed by atoms with van der Waals surface area (Å²) in [4.78, 5) is 32.6. The van der Waals surface area contributed by atoms with Crippen LogP contribution in [0.5, 0.6) is 0 Å². The molecule has 5 nitrogen and oxygen atoms in total. The first-order valence-corrected chi connectivity index (χ1v) is 10.3. The Morgan fingerprint density at radius 2 is 2.04 bits per heavy atom. The van der Waals surface area contributed by atoms with Crippen molar-refractivity contribution in [1.82, 2.24) is 9.55 Å². The minimum atomic E-state index is -0.572. The molecule has 0 spiro atoms. The number of carbonyl (C=O) groups excluding carboxylic acids is 1. The van der Waals surface area contributed by atoms with Gasteiger partial charge in [0.1, 0.15) is 10.9 Å². The van der Waals surface area contributed by atoms with E-state index in [4.69, 9.17) is 0 Å². The van der Waals surface area contributed by atoms with Gasteiger partial charge in [0.05, 0.1) is 11.7 Å². The number of nitrogens with one attached hydrogen (secondary N) is 1. The molecule has 0 saturated carbocycles. The fourth-order valence-electron chi connectivity index (χ4n) is 3.78. The molecule has 140 valence electrons. The smallest absolute Gasteiger partial charge is 0.263 e. The van der Waals surface area contributed by atoms with E-state index >= 15 is 0 Å². The van der Waals surface area contributed by atoms with E-state index in [0.29, 0.717) is 11.8 Å². The maximum absolute atomic E-state index is 13.1. The van der Waals surface area contributed by atoms with E-state index in [1.807, 2.05) is 31.2 Å². The number of aromatic nitrogens is 2. The lowest BCUT2D eigenvalue weighted by Gasteiger charge is -2.18. The highest BCUT2D eigenvalue weighted by atomic mass is 32.1. The maximum atomic E-state index is 13.1. The molecular formula is C21H23N3O2S. The maximum Gasteiger partial charge on any atom is 0.263 e. The van der Waals surface area contributed by atoms with E-state index in [2.05, 4.69) is 17.2 Å². The van der Waals surface area contributed by atoms with Crippen molar-refractivity contribution in [2.45, 2.75) is 52.0 Å². The van der Waals surface area contributed by atoms with Crippen LogP contribution in [0.1, 0.15) is 48.7 Å². The van der Waals surface area contributed by atoms with Crippen LogP contribution < -0.4 is 10.9 Å². The minimum absolute atomic E-state index is 0.0947. The fourth-order valence-corrected chi connectivity index (χ4v) is 5.00. The summed E-state index contributed by atoms with van der Waals surface area (Å²) in [6, 6.07) is 7.24. The van der Waals surface area contributed by atoms with Gasteiger partial charge in [-0.1, -0.05) is 26.0 Å². The van der Waals surface area contributed by atoms with Crippen LogP contribution in [0.4, 0.5) is 5.69 Å². The first-order valence-electron chi connectivity index (χ1n) is 9.53. The van der Waals surface area contributed by atoms with Crippen molar-refractivity contribution in [1.29, 1.82) is 0 Å². The number of fused-ring (bicyclic) bond motifs is 3. The number of hydrogen-bond donors (Lipinski definition) is 1. The SMILES string of the molecule is CCc1ccc(NC(=O)C(CC)n2cnc3sc4c(c3c2=O)CCC4)cc1. The summed E-state index contributed by atoms with van der Waals surface area (Å²) in [6.07, 6.45) is 6.07. The lowest BCUT2D eigenvalue weighted by Crippen LogP contribution is -2.33. The molecule has 3 aromatic rings. The topological polar surface area (TPSA) is 64.0 Å². The van der Waals surface area contributed by atoms with Gasteiger partial charge in [-0.15, -0.1) is 11.3 Å². The first-order chi connectivity index (χ1) is 13.1. The third kappa shape index (κ3) is 3.18. The van der Waals surface area contributed by atoms with Gasteiger partial charge in [-0.25, -0.2) is 4.98 Å². The van der Waals surface area contributed by atoms with Crippen LogP contribution in [0.25, 0.3) is 10.2 Å². The Labute approximate surface area is 162 Å². The molecule has 1 atom stereocenters. The zero-order chi connectivity index (χ0) is 19.0. The number of amides is 1. The van der Waals surface area contributed by atoms with Crippen LogP contribution >= 0.6 is 11.3 Å². The Morgan fingerprint density at radius 1 is 1.26 bits per heavy atom. The number of rotatable bonds is 5. The largest absolute Gasteiger partial charge is 0.324 e. The predicted molar refractivity (Wildman–Crippen MR) is 110 cm³/mol. The van der Waals surface area contributed by atoms with Gasteiger partial charge in [0.15, 0.2) is 0 Å². The fraction of sp³-hybridized carbons (Fsp3) is 0.381. The van der Waals surface area contributed by atoms with Crippen molar-refractivity contribution in [3.63, 3.8) is 0 Å². The van der Waals surface area contributed by atoms with Crippen LogP contribution in [0.3, 0.4) is 0 Å². The number of hydrogen-bond acceptors (Lipinski definition) is 4. The number of aryl methyl sites for hydroxylation is 3. The standard InChI is InChI=1S/C21H23N3O2S/c1-3-13-8-10-14(11-9-13)23-19(25)16(4-2)24-12-22-20-18(21(24)26)15-6-5-7-17(15)27-20/h8-12,16H,3-7H2,1-2H3,(H,23,25). The predicted octanol–water partition coefficient (Wildman–Crippen LogP) is 4.10. The summed E-state index contributed by atoms with van der Waals surface area (Å²) in [7, 11) is 0. The van der Waals surface area contributed by atoms with Gasteiger partial charge >= 0.3 is 0 Å². The Kier molecular flexibility index (Phi) is 4.83. The third-order valence-electron chi connectivity index (χ3n) is 5.31. The van der Waals surface area contributed by atoms with Crippen LogP contribution in [0.15, 0.2) is 35.4 Å². The number of thiophene rings is 1. The molecule has 6 heteroatoms. The quantitative estimate of drug-likeness (QED) is 0.724. The van der Waals surface area contributed by atoms with E-state index in [0.717, 1.165) is 41.8 Å². The summed E-state index contributed by atoms with van der Waals surface area (Å²) in [6.45, 7) is 4.01. The number of carbonyl (C=O) groups is 1. The summed E-state index contributed by atoms with van der Waals surface area (Å²) >= 11 is 1.62. The highest BCUT2D eigenvalue weighted by molar-refractivity contribution is 7.18. The molecule has 2 aromatic heterocycles. The van der Waals surface area contributed by atoms with Gasteiger partial charge in [0, 0.05) is 10.6 Å². The van der Waals surface area contributed by atoms with E-state index in [-0.39, 0.29) is 11.5 Å². The molecule has 1 N–H and O–H groups in total. The van der Waals surface area contributed by atoms with Crippen LogP contribution in [-0.4, -0.2) is 15.5 Å². The Bertz CT molecular complexity index is 1050. The zero-order valence-corrected chi connectivity index (χ0v) is 16.4. The Hall–Kier alpha value is -2.47. The van der Waals surface area contributed by atoms with Crippen molar-refractivity contribution >= 4 is 33.1 Å². The molecule has 0 bridgehead atoms. The van der Waals surface area contributed by atoms with Gasteiger partial charge in [0.25, 0.3) is 5.56 Å². The molecular weight excluding hydrogens is 358 g/mol.